The second-order valence-corrected chi connectivity index (χ2v) is 7.17. The summed E-state index contributed by atoms with van der Waals surface area (Å²) >= 11 is 0. The van der Waals surface area contributed by atoms with Gasteiger partial charge >= 0.3 is 21.6 Å². The highest BCUT2D eigenvalue weighted by atomic mass is 32.2. The van der Waals surface area contributed by atoms with E-state index in [9.17, 15) is 26.4 Å². The van der Waals surface area contributed by atoms with E-state index in [4.69, 9.17) is 5.11 Å². The van der Waals surface area contributed by atoms with Crippen molar-refractivity contribution in [3.63, 3.8) is 0 Å². The van der Waals surface area contributed by atoms with Crippen LogP contribution in [-0.4, -0.2) is 25.0 Å². The maximum atomic E-state index is 12.7. The molecule has 0 saturated carbocycles. The SMILES string of the molecule is C=CCc1cc(C(C)CC(=O)O)cc(CC=C)c1OS(=O)(=O)C(F)(F)F. The van der Waals surface area contributed by atoms with E-state index in [2.05, 4.69) is 17.3 Å². The van der Waals surface area contributed by atoms with Gasteiger partial charge in [0.2, 0.25) is 0 Å². The first-order chi connectivity index (χ1) is 11.9. The number of alkyl halides is 3. The summed E-state index contributed by atoms with van der Waals surface area (Å²) in [5, 5.41) is 8.93. The minimum absolute atomic E-state index is 0.0421. The summed E-state index contributed by atoms with van der Waals surface area (Å²) in [4.78, 5) is 10.9. The first kappa shape index (κ1) is 21.8. The van der Waals surface area contributed by atoms with Crippen molar-refractivity contribution in [3.8, 4) is 5.75 Å². The van der Waals surface area contributed by atoms with Gasteiger partial charge in [-0.3, -0.25) is 4.79 Å². The number of carboxylic acid groups (broad SMARTS) is 1. The molecule has 0 aliphatic rings. The average Bonchev–Trinajstić information content (AvgIpc) is 2.48. The van der Waals surface area contributed by atoms with E-state index >= 15 is 0 Å². The molecular formula is C17H19F3O5S. The Morgan fingerprint density at radius 2 is 1.69 bits per heavy atom. The zero-order valence-electron chi connectivity index (χ0n) is 14.0. The maximum absolute atomic E-state index is 12.7. The van der Waals surface area contributed by atoms with Crippen LogP contribution in [0.5, 0.6) is 5.75 Å². The summed E-state index contributed by atoms with van der Waals surface area (Å²) in [5.41, 5.74) is -4.70. The van der Waals surface area contributed by atoms with E-state index < -0.39 is 33.3 Å². The van der Waals surface area contributed by atoms with E-state index in [-0.39, 0.29) is 30.4 Å². The third-order valence-electron chi connectivity index (χ3n) is 3.52. The van der Waals surface area contributed by atoms with Gasteiger partial charge in [-0.25, -0.2) is 0 Å². The molecule has 5 nitrogen and oxygen atoms in total. The normalized spacial score (nSPS) is 13.1. The summed E-state index contributed by atoms with van der Waals surface area (Å²) in [7, 11) is -5.85. The van der Waals surface area contributed by atoms with Gasteiger partial charge < -0.3 is 9.29 Å². The number of hydrogen-bond acceptors (Lipinski definition) is 4. The Morgan fingerprint density at radius 3 is 2.04 bits per heavy atom. The van der Waals surface area contributed by atoms with Crippen LogP contribution in [-0.2, 0) is 27.8 Å². The Labute approximate surface area is 149 Å². The molecule has 0 aliphatic carbocycles. The van der Waals surface area contributed by atoms with Gasteiger partial charge in [0.25, 0.3) is 0 Å². The van der Waals surface area contributed by atoms with Crippen LogP contribution in [0.25, 0.3) is 0 Å². The number of aliphatic carboxylic acids is 1. The Morgan fingerprint density at radius 1 is 1.23 bits per heavy atom. The van der Waals surface area contributed by atoms with E-state index in [0.717, 1.165) is 0 Å². The zero-order valence-corrected chi connectivity index (χ0v) is 14.9. The number of halogens is 3. The molecule has 1 atom stereocenters. The quantitative estimate of drug-likeness (QED) is 0.391. The molecule has 0 heterocycles. The smallest absolute Gasteiger partial charge is 0.481 e. The van der Waals surface area contributed by atoms with Crippen molar-refractivity contribution in [2.45, 2.75) is 37.6 Å². The lowest BCUT2D eigenvalue weighted by Crippen LogP contribution is -2.28. The van der Waals surface area contributed by atoms with Crippen molar-refractivity contribution in [3.05, 3.63) is 54.1 Å². The predicted molar refractivity (Wildman–Crippen MR) is 90.5 cm³/mol. The van der Waals surface area contributed by atoms with Crippen molar-refractivity contribution in [2.75, 3.05) is 0 Å². The Kier molecular flexibility index (Phi) is 7.02. The van der Waals surface area contributed by atoms with Crippen molar-refractivity contribution in [2.24, 2.45) is 0 Å². The molecule has 1 N–H and O–H groups in total. The summed E-state index contributed by atoms with van der Waals surface area (Å²) in [6, 6.07) is 2.87. The highest BCUT2D eigenvalue weighted by molar-refractivity contribution is 7.88. The third-order valence-corrected chi connectivity index (χ3v) is 4.47. The van der Waals surface area contributed by atoms with Gasteiger partial charge in [0.15, 0.2) is 0 Å². The van der Waals surface area contributed by atoms with Crippen LogP contribution in [0.2, 0.25) is 0 Å². The van der Waals surface area contributed by atoms with E-state index in [1.165, 1.54) is 24.3 Å². The molecule has 1 aromatic carbocycles. The Bertz CT molecular complexity index is 766. The molecule has 1 unspecified atom stereocenters. The van der Waals surface area contributed by atoms with Gasteiger partial charge in [0, 0.05) is 11.1 Å². The van der Waals surface area contributed by atoms with Crippen LogP contribution in [0.4, 0.5) is 13.2 Å². The van der Waals surface area contributed by atoms with E-state index in [1.807, 2.05) is 0 Å². The molecule has 144 valence electrons. The van der Waals surface area contributed by atoms with Gasteiger partial charge in [-0.1, -0.05) is 31.2 Å². The van der Waals surface area contributed by atoms with E-state index in [0.29, 0.717) is 5.56 Å². The van der Waals surface area contributed by atoms with Crippen molar-refractivity contribution < 1.29 is 35.7 Å². The Hall–Kier alpha value is -2.29. The van der Waals surface area contributed by atoms with Gasteiger partial charge in [0.1, 0.15) is 5.75 Å². The molecule has 0 spiro atoms. The summed E-state index contributed by atoms with van der Waals surface area (Å²) in [5.74, 6) is -1.91. The maximum Gasteiger partial charge on any atom is 0.534 e. The third kappa shape index (κ3) is 5.35. The van der Waals surface area contributed by atoms with Crippen LogP contribution in [0.15, 0.2) is 37.4 Å². The molecule has 1 aromatic rings. The molecule has 0 aliphatic heterocycles. The second-order valence-electron chi connectivity index (χ2n) is 5.64. The fourth-order valence-electron chi connectivity index (χ4n) is 2.32. The highest BCUT2D eigenvalue weighted by Gasteiger charge is 2.49. The number of allylic oxidation sites excluding steroid dienone is 2. The first-order valence-corrected chi connectivity index (χ1v) is 8.93. The largest absolute Gasteiger partial charge is 0.534 e. The molecule has 0 radical (unpaired) electrons. The topological polar surface area (TPSA) is 80.7 Å². The highest BCUT2D eigenvalue weighted by Crippen LogP contribution is 2.35. The van der Waals surface area contributed by atoms with Crippen LogP contribution < -0.4 is 4.18 Å². The van der Waals surface area contributed by atoms with Gasteiger partial charge in [0.05, 0.1) is 6.42 Å². The first-order valence-electron chi connectivity index (χ1n) is 7.53. The molecule has 9 heteroatoms. The summed E-state index contributed by atoms with van der Waals surface area (Å²) < 4.78 is 65.3. The van der Waals surface area contributed by atoms with Gasteiger partial charge in [-0.2, -0.15) is 21.6 Å². The van der Waals surface area contributed by atoms with Gasteiger partial charge in [-0.05, 0) is 24.3 Å². The second kappa shape index (κ2) is 8.39. The molecular weight excluding hydrogens is 373 g/mol. The van der Waals surface area contributed by atoms with Crippen LogP contribution in [0, 0.1) is 0 Å². The fourth-order valence-corrected chi connectivity index (χ4v) is 2.85. The standard InChI is InChI=1S/C17H19F3O5S/c1-4-6-12-9-14(11(3)8-15(21)22)10-13(7-5-2)16(12)25-26(23,24)17(18,19)20/h4-5,9-11H,1-2,6-8H2,3H3,(H,21,22). The molecule has 0 saturated heterocycles. The number of carboxylic acids is 1. The lowest BCUT2D eigenvalue weighted by molar-refractivity contribution is -0.137. The Balaban J connectivity index is 3.54. The fraction of sp³-hybridized carbons (Fsp3) is 0.353. The number of rotatable bonds is 9. The number of benzene rings is 1. The van der Waals surface area contributed by atoms with Crippen molar-refractivity contribution in [1.82, 2.24) is 0 Å². The van der Waals surface area contributed by atoms with Gasteiger partial charge in [-0.15, -0.1) is 13.2 Å². The monoisotopic (exact) mass is 392 g/mol. The van der Waals surface area contributed by atoms with Crippen molar-refractivity contribution in [1.29, 1.82) is 0 Å². The van der Waals surface area contributed by atoms with Crippen LogP contribution in [0.3, 0.4) is 0 Å². The van der Waals surface area contributed by atoms with Crippen LogP contribution >= 0.6 is 0 Å². The molecule has 0 bridgehead atoms. The molecule has 0 amide bonds. The minimum atomic E-state index is -5.85. The van der Waals surface area contributed by atoms with Crippen LogP contribution in [0.1, 0.15) is 36.0 Å². The molecule has 26 heavy (non-hydrogen) atoms. The minimum Gasteiger partial charge on any atom is -0.481 e. The lowest BCUT2D eigenvalue weighted by atomic mass is 9.91. The van der Waals surface area contributed by atoms with Crippen molar-refractivity contribution >= 4 is 16.1 Å². The molecule has 0 aromatic heterocycles. The van der Waals surface area contributed by atoms with E-state index in [1.54, 1.807) is 6.92 Å². The predicted octanol–water partition coefficient (Wildman–Crippen LogP) is 3.95. The molecule has 1 rings (SSSR count). The summed E-state index contributed by atoms with van der Waals surface area (Å²) in [6.45, 7) is 8.64. The lowest BCUT2D eigenvalue weighted by Gasteiger charge is -2.19. The number of carbonyl (C=O) groups is 1. The zero-order chi connectivity index (χ0) is 20.1. The number of hydrogen-bond donors (Lipinski definition) is 1. The average molecular weight is 392 g/mol. The molecule has 0 fully saturated rings. The summed E-state index contributed by atoms with van der Waals surface area (Å²) in [6.07, 6.45) is 2.65.